The molecule has 0 fully saturated rings. The Labute approximate surface area is 220 Å². The van der Waals surface area contributed by atoms with E-state index in [-0.39, 0.29) is 5.91 Å². The van der Waals surface area contributed by atoms with Crippen LogP contribution in [-0.4, -0.2) is 12.1 Å². The van der Waals surface area contributed by atoms with Crippen molar-refractivity contribution in [2.75, 3.05) is 0 Å². The third-order valence-electron chi connectivity index (χ3n) is 6.07. The van der Waals surface area contributed by atoms with Gasteiger partial charge in [0.15, 0.2) is 0 Å². The van der Waals surface area contributed by atoms with Crippen molar-refractivity contribution in [2.24, 2.45) is 5.10 Å². The molecule has 7 heteroatoms. The minimum atomic E-state index is -0.682. The molecule has 5 rings (SSSR count). The van der Waals surface area contributed by atoms with Crippen LogP contribution >= 0.6 is 11.6 Å². The highest BCUT2D eigenvalue weighted by Crippen LogP contribution is 2.34. The van der Waals surface area contributed by atoms with Gasteiger partial charge in [0.05, 0.1) is 6.21 Å². The number of hydrazone groups is 1. The minimum absolute atomic E-state index is 0.350. The Balaban J connectivity index is 1.23. The van der Waals surface area contributed by atoms with Crippen molar-refractivity contribution in [1.82, 2.24) is 16.3 Å². The van der Waals surface area contributed by atoms with E-state index in [0.717, 1.165) is 22.3 Å². The molecule has 1 amide bonds. The number of ether oxygens (including phenoxy) is 1. The van der Waals surface area contributed by atoms with Gasteiger partial charge in [-0.3, -0.25) is 4.79 Å². The fourth-order valence-corrected chi connectivity index (χ4v) is 4.30. The van der Waals surface area contributed by atoms with Gasteiger partial charge in [0.2, 0.25) is 0 Å². The van der Waals surface area contributed by atoms with Gasteiger partial charge in [-0.2, -0.15) is 5.10 Å². The Bertz CT molecular complexity index is 1380. The smallest absolute Gasteiger partial charge is 0.288 e. The lowest BCUT2D eigenvalue weighted by atomic mass is 9.83. The van der Waals surface area contributed by atoms with Crippen LogP contribution in [0.4, 0.5) is 0 Å². The molecule has 184 valence electrons. The summed E-state index contributed by atoms with van der Waals surface area (Å²) in [7, 11) is 0. The molecule has 1 aliphatic rings. The van der Waals surface area contributed by atoms with Crippen molar-refractivity contribution >= 4 is 23.7 Å². The third kappa shape index (κ3) is 5.56. The first-order valence-electron chi connectivity index (χ1n) is 11.8. The summed E-state index contributed by atoms with van der Waals surface area (Å²) in [6.45, 7) is 0.382. The van der Waals surface area contributed by atoms with E-state index in [2.05, 4.69) is 21.4 Å². The standard InChI is InChI=1S/C30H25ClN4O2/c31-27-14-8-7-9-23(27)21-37-26-17-15-22(16-18-26)20-32-34-29(36)28-19-30(35-33-28,24-10-3-1-4-11-24)25-12-5-2-6-13-25/h1-20,33,35H,21H2,(H,34,36). The summed E-state index contributed by atoms with van der Waals surface area (Å²) in [6.07, 6.45) is 3.47. The number of nitrogens with one attached hydrogen (secondary N) is 3. The SMILES string of the molecule is O=C(NN=Cc1ccc(OCc2ccccc2Cl)cc1)C1=CC(c2ccccc2)(c2ccccc2)NN1. The van der Waals surface area contributed by atoms with E-state index in [1.54, 1.807) is 6.21 Å². The highest BCUT2D eigenvalue weighted by molar-refractivity contribution is 6.31. The normalized spacial score (nSPS) is 14.1. The van der Waals surface area contributed by atoms with Crippen molar-refractivity contribution in [1.29, 1.82) is 0 Å². The Morgan fingerprint density at radius 2 is 1.49 bits per heavy atom. The minimum Gasteiger partial charge on any atom is -0.489 e. The summed E-state index contributed by atoms with van der Waals surface area (Å²) in [5.74, 6) is 0.364. The Hall–Kier alpha value is -4.39. The molecular weight excluding hydrogens is 484 g/mol. The molecule has 3 N–H and O–H groups in total. The van der Waals surface area contributed by atoms with Crippen LogP contribution in [0.2, 0.25) is 5.02 Å². The molecule has 0 atom stereocenters. The molecule has 0 spiro atoms. The number of halogens is 1. The molecule has 0 saturated carbocycles. The second kappa shape index (κ2) is 11.1. The van der Waals surface area contributed by atoms with E-state index >= 15 is 0 Å². The predicted octanol–water partition coefficient (Wildman–Crippen LogP) is 5.30. The van der Waals surface area contributed by atoms with Crippen molar-refractivity contribution in [3.05, 3.63) is 148 Å². The summed E-state index contributed by atoms with van der Waals surface area (Å²) >= 11 is 6.18. The first-order chi connectivity index (χ1) is 18.1. The quantitative estimate of drug-likeness (QED) is 0.223. The number of carbonyl (C=O) groups is 1. The first-order valence-corrected chi connectivity index (χ1v) is 12.2. The third-order valence-corrected chi connectivity index (χ3v) is 6.44. The van der Waals surface area contributed by atoms with Gasteiger partial charge in [0.25, 0.3) is 5.91 Å². The van der Waals surface area contributed by atoms with Crippen LogP contribution in [0.1, 0.15) is 22.3 Å². The van der Waals surface area contributed by atoms with Gasteiger partial charge in [0, 0.05) is 10.6 Å². The largest absolute Gasteiger partial charge is 0.489 e. The lowest BCUT2D eigenvalue weighted by molar-refractivity contribution is -0.117. The van der Waals surface area contributed by atoms with E-state index in [4.69, 9.17) is 16.3 Å². The van der Waals surface area contributed by atoms with E-state index in [1.165, 1.54) is 0 Å². The van der Waals surface area contributed by atoms with E-state index in [1.807, 2.05) is 115 Å². The zero-order chi connectivity index (χ0) is 25.5. The first kappa shape index (κ1) is 24.3. The van der Waals surface area contributed by atoms with Crippen LogP contribution in [0.5, 0.6) is 5.75 Å². The second-order valence-electron chi connectivity index (χ2n) is 8.50. The van der Waals surface area contributed by atoms with Crippen LogP contribution in [0, 0.1) is 0 Å². The second-order valence-corrected chi connectivity index (χ2v) is 8.90. The van der Waals surface area contributed by atoms with Gasteiger partial charge in [0.1, 0.15) is 23.6 Å². The molecule has 0 unspecified atom stereocenters. The lowest BCUT2D eigenvalue weighted by Gasteiger charge is -2.28. The van der Waals surface area contributed by atoms with Crippen LogP contribution < -0.4 is 21.0 Å². The van der Waals surface area contributed by atoms with Gasteiger partial charge in [-0.05, 0) is 53.1 Å². The van der Waals surface area contributed by atoms with E-state index in [9.17, 15) is 4.79 Å². The number of benzene rings is 4. The van der Waals surface area contributed by atoms with Gasteiger partial charge in [-0.1, -0.05) is 90.5 Å². The Morgan fingerprint density at radius 3 is 2.14 bits per heavy atom. The molecule has 37 heavy (non-hydrogen) atoms. The number of carbonyl (C=O) groups excluding carboxylic acids is 1. The molecule has 0 aromatic heterocycles. The lowest BCUT2D eigenvalue weighted by Crippen LogP contribution is -2.44. The van der Waals surface area contributed by atoms with Crippen molar-refractivity contribution in [2.45, 2.75) is 12.1 Å². The van der Waals surface area contributed by atoms with Gasteiger partial charge >= 0.3 is 0 Å². The summed E-state index contributed by atoms with van der Waals surface area (Å²) in [5.41, 5.74) is 12.4. The monoisotopic (exact) mass is 508 g/mol. The van der Waals surface area contributed by atoms with Gasteiger partial charge in [-0.15, -0.1) is 0 Å². The van der Waals surface area contributed by atoms with Crippen LogP contribution in [-0.2, 0) is 16.9 Å². The maximum atomic E-state index is 12.9. The fourth-order valence-electron chi connectivity index (χ4n) is 4.11. The average molecular weight is 509 g/mol. The van der Waals surface area contributed by atoms with Crippen molar-refractivity contribution in [3.8, 4) is 5.75 Å². The number of hydrogen-bond donors (Lipinski definition) is 3. The molecule has 1 aliphatic heterocycles. The summed E-state index contributed by atoms with van der Waals surface area (Å²) in [6, 6.07) is 34.9. The molecule has 4 aromatic carbocycles. The van der Waals surface area contributed by atoms with Crippen LogP contribution in [0.25, 0.3) is 0 Å². The van der Waals surface area contributed by atoms with Crippen molar-refractivity contribution in [3.63, 3.8) is 0 Å². The summed E-state index contributed by atoms with van der Waals surface area (Å²) < 4.78 is 5.81. The zero-order valence-electron chi connectivity index (χ0n) is 19.9. The molecule has 4 aromatic rings. The number of amides is 1. The Morgan fingerprint density at radius 1 is 0.865 bits per heavy atom. The zero-order valence-corrected chi connectivity index (χ0v) is 20.7. The molecule has 0 aliphatic carbocycles. The maximum absolute atomic E-state index is 12.9. The van der Waals surface area contributed by atoms with Crippen LogP contribution in [0.15, 0.2) is 126 Å². The molecule has 6 nitrogen and oxygen atoms in total. The maximum Gasteiger partial charge on any atom is 0.288 e. The van der Waals surface area contributed by atoms with Gasteiger partial charge in [-0.25, -0.2) is 10.9 Å². The number of hydrogen-bond acceptors (Lipinski definition) is 5. The highest BCUT2D eigenvalue weighted by atomic mass is 35.5. The Kier molecular flexibility index (Phi) is 7.31. The molecule has 0 bridgehead atoms. The number of hydrazine groups is 1. The number of nitrogens with zero attached hydrogens (tertiary/aromatic N) is 1. The highest BCUT2D eigenvalue weighted by Gasteiger charge is 2.38. The average Bonchev–Trinajstić information content (AvgIpc) is 3.41. The number of rotatable bonds is 8. The summed E-state index contributed by atoms with van der Waals surface area (Å²) in [5, 5.41) is 4.80. The van der Waals surface area contributed by atoms with Crippen molar-refractivity contribution < 1.29 is 9.53 Å². The van der Waals surface area contributed by atoms with Crippen LogP contribution in [0.3, 0.4) is 0 Å². The topological polar surface area (TPSA) is 74.8 Å². The summed E-state index contributed by atoms with van der Waals surface area (Å²) in [4.78, 5) is 12.9. The molecular formula is C30H25ClN4O2. The molecule has 1 heterocycles. The molecule has 0 saturated heterocycles. The van der Waals surface area contributed by atoms with E-state index < -0.39 is 5.54 Å². The predicted molar refractivity (Wildman–Crippen MR) is 146 cm³/mol. The molecule has 0 radical (unpaired) electrons. The van der Waals surface area contributed by atoms with E-state index in [0.29, 0.717) is 23.1 Å². The fraction of sp³-hybridized carbons (Fsp3) is 0.0667. The van der Waals surface area contributed by atoms with Gasteiger partial charge < -0.3 is 10.2 Å².